The number of carbonyl (C=O) groups excluding carboxylic acids is 1. The van der Waals surface area contributed by atoms with Crippen molar-refractivity contribution in [2.45, 2.75) is 6.92 Å². The Labute approximate surface area is 179 Å². The zero-order valence-corrected chi connectivity index (χ0v) is 18.6. The molecule has 0 N–H and O–H groups in total. The number of rotatable bonds is 8. The average Bonchev–Trinajstić information content (AvgIpc) is 3.30. The fourth-order valence-electron chi connectivity index (χ4n) is 2.53. The smallest absolute Gasteiger partial charge is 0.252 e. The van der Waals surface area contributed by atoms with Crippen LogP contribution in [0.4, 0.5) is 5.13 Å². The molecule has 0 saturated carbocycles. The van der Waals surface area contributed by atoms with E-state index in [9.17, 15) is 4.79 Å². The molecule has 1 amide bonds. The number of carbonyl (C=O) groups is 1. The number of thiophene rings is 1. The van der Waals surface area contributed by atoms with E-state index in [4.69, 9.17) is 9.72 Å². The van der Waals surface area contributed by atoms with Gasteiger partial charge in [-0.15, -0.1) is 23.7 Å². The summed E-state index contributed by atoms with van der Waals surface area (Å²) in [5.74, 6) is 0.689. The number of para-hydroxylation sites is 1. The molecule has 0 unspecified atom stereocenters. The fraction of sp³-hybridized carbons (Fsp3) is 0.300. The van der Waals surface area contributed by atoms with Crippen molar-refractivity contribution in [3.63, 3.8) is 0 Å². The molecule has 0 saturated heterocycles. The van der Waals surface area contributed by atoms with Crippen molar-refractivity contribution in [3.8, 4) is 5.75 Å². The average molecular weight is 438 g/mol. The number of fused-ring (bicyclic) bond motifs is 1. The van der Waals surface area contributed by atoms with Crippen LogP contribution >= 0.6 is 35.1 Å². The molecule has 1 aromatic carbocycles. The van der Waals surface area contributed by atoms with E-state index < -0.39 is 0 Å². The van der Waals surface area contributed by atoms with E-state index in [0.29, 0.717) is 18.3 Å². The number of anilines is 1. The number of likely N-dealkylation sites (N-methyl/N-ethyl adjacent to an activating group) is 1. The van der Waals surface area contributed by atoms with Crippen LogP contribution in [0.15, 0.2) is 41.8 Å². The van der Waals surface area contributed by atoms with Gasteiger partial charge >= 0.3 is 0 Å². The number of thiazole rings is 1. The third kappa shape index (κ3) is 5.54. The molecule has 0 aliphatic carbocycles. The van der Waals surface area contributed by atoms with Crippen molar-refractivity contribution in [2.75, 3.05) is 38.7 Å². The molecule has 5 nitrogen and oxygen atoms in total. The van der Waals surface area contributed by atoms with E-state index in [-0.39, 0.29) is 18.3 Å². The first kappa shape index (κ1) is 22.4. The summed E-state index contributed by atoms with van der Waals surface area (Å²) in [6, 6.07) is 9.84. The molecule has 0 aliphatic rings. The Balaban J connectivity index is 0.00000280. The summed E-state index contributed by atoms with van der Waals surface area (Å²) >= 11 is 3.12. The normalized spacial score (nSPS) is 11.1. The molecule has 3 aromatic rings. The molecule has 28 heavy (non-hydrogen) atoms. The van der Waals surface area contributed by atoms with Crippen LogP contribution < -0.4 is 9.64 Å². The summed E-state index contributed by atoms with van der Waals surface area (Å²) in [5.41, 5.74) is 0.809. The topological polar surface area (TPSA) is 45.7 Å². The van der Waals surface area contributed by atoms with Gasteiger partial charge in [-0.3, -0.25) is 9.69 Å². The summed E-state index contributed by atoms with van der Waals surface area (Å²) < 4.78 is 6.70. The summed E-state index contributed by atoms with van der Waals surface area (Å²) in [7, 11) is 3.99. The van der Waals surface area contributed by atoms with Crippen molar-refractivity contribution in [3.05, 3.63) is 46.7 Å². The minimum absolute atomic E-state index is 0. The second-order valence-electron chi connectivity index (χ2n) is 6.17. The van der Waals surface area contributed by atoms with E-state index in [1.807, 2.05) is 62.8 Å². The van der Waals surface area contributed by atoms with Crippen LogP contribution in [0.3, 0.4) is 0 Å². The largest absolute Gasteiger partial charge is 0.492 e. The predicted molar refractivity (Wildman–Crippen MR) is 122 cm³/mol. The van der Waals surface area contributed by atoms with Crippen molar-refractivity contribution in [1.29, 1.82) is 0 Å². The van der Waals surface area contributed by atoms with Gasteiger partial charge in [-0.05, 0) is 50.7 Å². The second-order valence-corrected chi connectivity index (χ2v) is 8.16. The highest BCUT2D eigenvalue weighted by Gasteiger charge is 2.19. The van der Waals surface area contributed by atoms with E-state index in [1.54, 1.807) is 22.3 Å². The number of halogens is 1. The molecule has 3 rings (SSSR count). The summed E-state index contributed by atoms with van der Waals surface area (Å²) in [5, 5.41) is 2.69. The Kier molecular flexibility index (Phi) is 8.44. The van der Waals surface area contributed by atoms with Crippen LogP contribution in [0, 0.1) is 0 Å². The maximum absolute atomic E-state index is 12.9. The highest BCUT2D eigenvalue weighted by molar-refractivity contribution is 7.22. The second kappa shape index (κ2) is 10.6. The molecule has 8 heteroatoms. The Morgan fingerprint density at radius 2 is 2.04 bits per heavy atom. The first-order valence-corrected chi connectivity index (χ1v) is 10.5. The number of hydrogen-bond acceptors (Lipinski definition) is 6. The maximum atomic E-state index is 12.9. The molecule has 0 spiro atoms. The van der Waals surface area contributed by atoms with Gasteiger partial charge in [0.25, 0.3) is 5.91 Å². The molecule has 2 aromatic heterocycles. The van der Waals surface area contributed by atoms with E-state index >= 15 is 0 Å². The van der Waals surface area contributed by atoms with Crippen LogP contribution in [0.2, 0.25) is 0 Å². The van der Waals surface area contributed by atoms with Gasteiger partial charge in [0.2, 0.25) is 0 Å². The summed E-state index contributed by atoms with van der Waals surface area (Å²) in [6.07, 6.45) is 3.48. The van der Waals surface area contributed by atoms with E-state index in [0.717, 1.165) is 27.4 Å². The minimum Gasteiger partial charge on any atom is -0.492 e. The Morgan fingerprint density at radius 3 is 2.71 bits per heavy atom. The van der Waals surface area contributed by atoms with Gasteiger partial charge < -0.3 is 9.64 Å². The predicted octanol–water partition coefficient (Wildman–Crippen LogP) is 4.79. The first-order valence-electron chi connectivity index (χ1n) is 8.78. The highest BCUT2D eigenvalue weighted by atomic mass is 35.5. The molecule has 150 valence electrons. The molecule has 0 atom stereocenters. The quantitative estimate of drug-likeness (QED) is 0.475. The van der Waals surface area contributed by atoms with E-state index in [1.165, 1.54) is 11.3 Å². The van der Waals surface area contributed by atoms with Gasteiger partial charge in [-0.1, -0.05) is 23.5 Å². The molecule has 2 heterocycles. The van der Waals surface area contributed by atoms with Crippen LogP contribution in [0.1, 0.15) is 11.8 Å². The maximum Gasteiger partial charge on any atom is 0.252 e. The molecular weight excluding hydrogens is 414 g/mol. The Morgan fingerprint density at radius 1 is 1.21 bits per heavy atom. The monoisotopic (exact) mass is 437 g/mol. The SMILES string of the molecule is CCOc1cccc2sc(N(CCN(C)C)C(=O)C=Cc3cccs3)nc12.Cl. The fourth-order valence-corrected chi connectivity index (χ4v) is 4.16. The standard InChI is InChI=1S/C20H23N3O2S2.ClH/c1-4-25-16-8-5-9-17-19(16)21-20(27-17)23(13-12-22(2)3)18(24)11-10-15-7-6-14-26-15;/h5-11,14H,4,12-13H2,1-3H3;1H. The van der Waals surface area contributed by atoms with Gasteiger partial charge in [-0.25, -0.2) is 4.98 Å². The number of amides is 1. The molecule has 0 radical (unpaired) electrons. The lowest BCUT2D eigenvalue weighted by Crippen LogP contribution is -2.35. The molecule has 0 aliphatic heterocycles. The number of hydrogen-bond donors (Lipinski definition) is 0. The minimum atomic E-state index is -0.0673. The number of ether oxygens (including phenoxy) is 1. The number of benzene rings is 1. The van der Waals surface area contributed by atoms with Gasteiger partial charge in [0.15, 0.2) is 5.13 Å². The number of nitrogens with zero attached hydrogens (tertiary/aromatic N) is 3. The zero-order valence-electron chi connectivity index (χ0n) is 16.1. The van der Waals surface area contributed by atoms with Crippen molar-refractivity contribution < 1.29 is 9.53 Å². The zero-order chi connectivity index (χ0) is 19.2. The number of aromatic nitrogens is 1. The van der Waals surface area contributed by atoms with Gasteiger partial charge in [0.05, 0.1) is 11.3 Å². The van der Waals surface area contributed by atoms with Crippen LogP contribution in [0.5, 0.6) is 5.75 Å². The van der Waals surface area contributed by atoms with Crippen molar-refractivity contribution in [2.24, 2.45) is 0 Å². The van der Waals surface area contributed by atoms with Crippen LogP contribution in [-0.2, 0) is 4.79 Å². The summed E-state index contributed by atoms with van der Waals surface area (Å²) in [6.45, 7) is 3.87. The van der Waals surface area contributed by atoms with Crippen molar-refractivity contribution in [1.82, 2.24) is 9.88 Å². The van der Waals surface area contributed by atoms with Gasteiger partial charge in [-0.2, -0.15) is 0 Å². The lowest BCUT2D eigenvalue weighted by Gasteiger charge is -2.20. The third-order valence-electron chi connectivity index (χ3n) is 3.87. The van der Waals surface area contributed by atoms with E-state index in [2.05, 4.69) is 4.90 Å². The lowest BCUT2D eigenvalue weighted by atomic mass is 10.3. The Bertz CT molecular complexity index is 923. The third-order valence-corrected chi connectivity index (χ3v) is 5.75. The molecule has 0 fully saturated rings. The summed E-state index contributed by atoms with van der Waals surface area (Å²) in [4.78, 5) is 22.5. The lowest BCUT2D eigenvalue weighted by molar-refractivity contribution is -0.114. The molecular formula is C20H24ClN3O2S2. The molecule has 0 bridgehead atoms. The van der Waals surface area contributed by atoms with Crippen LogP contribution in [-0.4, -0.2) is 49.6 Å². The van der Waals surface area contributed by atoms with Crippen molar-refractivity contribution >= 4 is 62.4 Å². The van der Waals surface area contributed by atoms with Gasteiger partial charge in [0.1, 0.15) is 11.3 Å². The Hall–Kier alpha value is -1.93. The highest BCUT2D eigenvalue weighted by Crippen LogP contribution is 2.34. The van der Waals surface area contributed by atoms with Gasteiger partial charge in [0, 0.05) is 24.0 Å². The first-order chi connectivity index (χ1) is 13.1. The van der Waals surface area contributed by atoms with Crippen LogP contribution in [0.25, 0.3) is 16.3 Å².